The Morgan fingerprint density at radius 3 is 1.33 bits per heavy atom. The fraction of sp³-hybridized carbons (Fsp3) is 0.750. The molecule has 0 amide bonds. The number of allylic oxidation sites excluding steroid dienone is 10. The van der Waals surface area contributed by atoms with Crippen LogP contribution < -0.4 is 0 Å². The molecule has 2 atom stereocenters. The first-order chi connectivity index (χ1) is 27.8. The number of rotatable bonds is 42. The van der Waals surface area contributed by atoms with Gasteiger partial charge < -0.3 is 14.4 Å². The van der Waals surface area contributed by atoms with Crippen LogP contribution in [0.1, 0.15) is 207 Å². The lowest BCUT2D eigenvalue weighted by Gasteiger charge is -2.19. The van der Waals surface area contributed by atoms with E-state index in [2.05, 4.69) is 68.5 Å². The zero-order valence-electron chi connectivity index (χ0n) is 36.7. The highest BCUT2D eigenvalue weighted by Gasteiger charge is 2.25. The van der Waals surface area contributed by atoms with Crippen molar-refractivity contribution in [1.29, 1.82) is 0 Å². The van der Waals surface area contributed by atoms with Crippen LogP contribution >= 0.6 is 7.82 Å². The van der Waals surface area contributed by atoms with E-state index in [0.717, 1.165) is 51.4 Å². The standard InChI is InChI=1S/C48H85O8P/c1-4-7-9-11-13-15-17-19-21-23-24-25-27-28-30-32-34-36-38-40-42-47(49)53-44-46(45-55-57(51,52)54-6-3)56-48(50)43-41-39-37-35-33-31-29-26-22-20-18-16-14-12-10-8-5-2/h8,10,14,16,20,22,29,31,35,37,46H,4-7,9,11-13,15,17-19,21,23-28,30,32-34,36,38-45H2,1-3H3,(H,51,52)/b10-8-,16-14-,22-20-,31-29-,37-35-. The number of phosphoric ester groups is 1. The van der Waals surface area contributed by atoms with Gasteiger partial charge in [0.15, 0.2) is 6.10 Å². The molecule has 0 aromatic rings. The molecule has 8 nitrogen and oxygen atoms in total. The Morgan fingerprint density at radius 1 is 0.491 bits per heavy atom. The van der Waals surface area contributed by atoms with Gasteiger partial charge in [-0.1, -0.05) is 197 Å². The molecule has 2 unspecified atom stereocenters. The maximum Gasteiger partial charge on any atom is 0.472 e. The van der Waals surface area contributed by atoms with Gasteiger partial charge in [0.25, 0.3) is 0 Å². The molecule has 0 saturated carbocycles. The summed E-state index contributed by atoms with van der Waals surface area (Å²) in [7, 11) is -4.30. The van der Waals surface area contributed by atoms with Crippen LogP contribution in [0.15, 0.2) is 60.8 Å². The van der Waals surface area contributed by atoms with Crippen molar-refractivity contribution in [3.8, 4) is 0 Å². The molecule has 1 N–H and O–H groups in total. The Labute approximate surface area is 350 Å². The largest absolute Gasteiger partial charge is 0.472 e. The molecule has 0 aliphatic heterocycles. The Morgan fingerprint density at radius 2 is 0.895 bits per heavy atom. The second kappa shape index (κ2) is 43.3. The Bertz CT molecular complexity index is 1110. The van der Waals surface area contributed by atoms with E-state index in [1.54, 1.807) is 6.92 Å². The average molecular weight is 821 g/mol. The van der Waals surface area contributed by atoms with Crippen LogP contribution in [0.25, 0.3) is 0 Å². The molecule has 330 valence electrons. The first-order valence-electron chi connectivity index (χ1n) is 23.1. The Balaban J connectivity index is 4.10. The SMILES string of the molecule is CC/C=C\C/C=C\C/C=C\C/C=C\C/C=C\CCCC(=O)OC(COC(=O)CCCCCCCCCCCCCCCCCCCCCC)COP(=O)(O)OCC. The highest BCUT2D eigenvalue weighted by atomic mass is 31.2. The molecule has 0 aliphatic rings. The summed E-state index contributed by atoms with van der Waals surface area (Å²) in [6.45, 7) is 5.31. The van der Waals surface area contributed by atoms with Crippen LogP contribution in [-0.4, -0.2) is 42.8 Å². The summed E-state index contributed by atoms with van der Waals surface area (Å²) < 4.78 is 32.6. The van der Waals surface area contributed by atoms with Crippen molar-refractivity contribution in [3.05, 3.63) is 60.8 Å². The van der Waals surface area contributed by atoms with Gasteiger partial charge in [-0.3, -0.25) is 18.6 Å². The molecule has 0 spiro atoms. The van der Waals surface area contributed by atoms with Gasteiger partial charge in [-0.2, -0.15) is 0 Å². The molecule has 0 fully saturated rings. The second-order valence-electron chi connectivity index (χ2n) is 15.0. The van der Waals surface area contributed by atoms with Gasteiger partial charge >= 0.3 is 19.8 Å². The molecule has 0 bridgehead atoms. The number of hydrogen-bond donors (Lipinski definition) is 1. The van der Waals surface area contributed by atoms with Crippen molar-refractivity contribution < 1.29 is 37.6 Å². The van der Waals surface area contributed by atoms with Gasteiger partial charge in [0, 0.05) is 12.8 Å². The summed E-state index contributed by atoms with van der Waals surface area (Å²) in [5, 5.41) is 0. The maximum absolute atomic E-state index is 12.5. The lowest BCUT2D eigenvalue weighted by Crippen LogP contribution is -2.29. The minimum Gasteiger partial charge on any atom is -0.462 e. The Kier molecular flexibility index (Phi) is 41.6. The lowest BCUT2D eigenvalue weighted by molar-refractivity contribution is -0.161. The van der Waals surface area contributed by atoms with Gasteiger partial charge in [-0.25, -0.2) is 4.57 Å². The number of phosphoric acid groups is 1. The van der Waals surface area contributed by atoms with Crippen molar-refractivity contribution in [3.63, 3.8) is 0 Å². The van der Waals surface area contributed by atoms with Crippen molar-refractivity contribution in [2.75, 3.05) is 19.8 Å². The molecule has 0 saturated heterocycles. The monoisotopic (exact) mass is 821 g/mol. The number of carbonyl (C=O) groups is 2. The minimum absolute atomic E-state index is 0.0114. The summed E-state index contributed by atoms with van der Waals surface area (Å²) in [5.41, 5.74) is 0. The molecule has 57 heavy (non-hydrogen) atoms. The summed E-state index contributed by atoms with van der Waals surface area (Å²) >= 11 is 0. The lowest BCUT2D eigenvalue weighted by atomic mass is 10.0. The van der Waals surface area contributed by atoms with E-state index in [-0.39, 0.29) is 32.0 Å². The molecule has 0 aromatic carbocycles. The molecule has 0 rings (SSSR count). The van der Waals surface area contributed by atoms with E-state index in [9.17, 15) is 19.0 Å². The first kappa shape index (κ1) is 54.8. The number of esters is 2. The Hall–Kier alpha value is -2.25. The quantitative estimate of drug-likeness (QED) is 0.0281. The number of hydrogen-bond acceptors (Lipinski definition) is 7. The van der Waals surface area contributed by atoms with Crippen LogP contribution in [-0.2, 0) is 32.7 Å². The van der Waals surface area contributed by atoms with Crippen LogP contribution in [0, 0.1) is 0 Å². The number of carbonyl (C=O) groups excluding carboxylic acids is 2. The molecule has 0 heterocycles. The van der Waals surface area contributed by atoms with E-state index in [0.29, 0.717) is 12.8 Å². The molecule has 0 aliphatic carbocycles. The van der Waals surface area contributed by atoms with Crippen LogP contribution in [0.3, 0.4) is 0 Å². The minimum atomic E-state index is -4.30. The van der Waals surface area contributed by atoms with Gasteiger partial charge in [0.2, 0.25) is 0 Å². The zero-order valence-corrected chi connectivity index (χ0v) is 37.6. The molecular formula is C48H85O8P. The maximum atomic E-state index is 12.5. The highest BCUT2D eigenvalue weighted by Crippen LogP contribution is 2.43. The predicted molar refractivity (Wildman–Crippen MR) is 239 cm³/mol. The third-order valence-electron chi connectivity index (χ3n) is 9.59. The van der Waals surface area contributed by atoms with E-state index in [1.165, 1.54) is 109 Å². The number of unbranched alkanes of at least 4 members (excludes halogenated alkanes) is 20. The number of ether oxygens (including phenoxy) is 2. The van der Waals surface area contributed by atoms with Gasteiger partial charge in [-0.05, 0) is 58.3 Å². The van der Waals surface area contributed by atoms with Gasteiger partial charge in [0.1, 0.15) is 6.61 Å². The van der Waals surface area contributed by atoms with E-state index in [4.69, 9.17) is 18.5 Å². The average Bonchev–Trinajstić information content (AvgIpc) is 3.19. The van der Waals surface area contributed by atoms with Crippen molar-refractivity contribution >= 4 is 19.8 Å². The first-order valence-corrected chi connectivity index (χ1v) is 24.6. The fourth-order valence-corrected chi connectivity index (χ4v) is 7.01. The van der Waals surface area contributed by atoms with E-state index in [1.807, 2.05) is 6.08 Å². The van der Waals surface area contributed by atoms with Crippen LogP contribution in [0.2, 0.25) is 0 Å². The van der Waals surface area contributed by atoms with E-state index < -0.39 is 26.5 Å². The molecule has 9 heteroatoms. The zero-order chi connectivity index (χ0) is 41.8. The van der Waals surface area contributed by atoms with Crippen LogP contribution in [0.5, 0.6) is 0 Å². The van der Waals surface area contributed by atoms with Crippen molar-refractivity contribution in [1.82, 2.24) is 0 Å². The van der Waals surface area contributed by atoms with Crippen molar-refractivity contribution in [2.45, 2.75) is 213 Å². The topological polar surface area (TPSA) is 108 Å². The predicted octanol–water partition coefficient (Wildman–Crippen LogP) is 14.7. The third-order valence-corrected chi connectivity index (χ3v) is 10.6. The van der Waals surface area contributed by atoms with E-state index >= 15 is 0 Å². The van der Waals surface area contributed by atoms with Gasteiger partial charge in [-0.15, -0.1) is 0 Å². The smallest absolute Gasteiger partial charge is 0.462 e. The third kappa shape index (κ3) is 43.2. The molecular weight excluding hydrogens is 735 g/mol. The summed E-state index contributed by atoms with van der Waals surface area (Å²) in [6, 6.07) is 0. The summed E-state index contributed by atoms with van der Waals surface area (Å²) in [6.07, 6.45) is 52.9. The fourth-order valence-electron chi connectivity index (χ4n) is 6.25. The highest BCUT2D eigenvalue weighted by molar-refractivity contribution is 7.47. The van der Waals surface area contributed by atoms with Gasteiger partial charge in [0.05, 0.1) is 13.2 Å². The van der Waals surface area contributed by atoms with Crippen LogP contribution in [0.4, 0.5) is 0 Å². The summed E-state index contributed by atoms with van der Waals surface area (Å²) in [5.74, 6) is -0.862. The normalized spacial score (nSPS) is 13.8. The second-order valence-corrected chi connectivity index (χ2v) is 16.5. The molecule has 0 radical (unpaired) electrons. The summed E-state index contributed by atoms with van der Waals surface area (Å²) in [4.78, 5) is 34.8. The van der Waals surface area contributed by atoms with Crippen molar-refractivity contribution in [2.24, 2.45) is 0 Å². The molecule has 0 aromatic heterocycles.